The number of anilines is 3. The predicted molar refractivity (Wildman–Crippen MR) is 149 cm³/mol. The molecule has 1 amide bonds. The SMILES string of the molecule is COc1ncc(-c2cnc(N(C(=O)O)C3CCC(Nc4ncc(C#N)c(N5CCCC(O)CC5)n4)CC3)nc2)cn1. The molecule has 41 heavy (non-hydrogen) atoms. The lowest BCUT2D eigenvalue weighted by Gasteiger charge is -2.34. The molecule has 14 nitrogen and oxygen atoms in total. The van der Waals surface area contributed by atoms with E-state index in [0.717, 1.165) is 19.4 Å². The molecule has 2 aliphatic rings. The van der Waals surface area contributed by atoms with E-state index in [4.69, 9.17) is 4.74 Å². The average Bonchev–Trinajstić information content (AvgIpc) is 3.22. The first kappa shape index (κ1) is 27.9. The molecular weight excluding hydrogens is 528 g/mol. The average molecular weight is 561 g/mol. The summed E-state index contributed by atoms with van der Waals surface area (Å²) in [6, 6.07) is 2.20. The Morgan fingerprint density at radius 1 is 1.00 bits per heavy atom. The zero-order valence-corrected chi connectivity index (χ0v) is 22.7. The number of aliphatic hydroxyl groups excluding tert-OH is 1. The molecule has 214 valence electrons. The highest BCUT2D eigenvalue weighted by molar-refractivity contribution is 5.84. The van der Waals surface area contributed by atoms with Crippen molar-refractivity contribution in [2.24, 2.45) is 0 Å². The van der Waals surface area contributed by atoms with E-state index in [1.54, 1.807) is 24.8 Å². The van der Waals surface area contributed by atoms with E-state index in [1.165, 1.54) is 18.2 Å². The van der Waals surface area contributed by atoms with Gasteiger partial charge in [0.25, 0.3) is 0 Å². The maximum absolute atomic E-state index is 12.2. The molecule has 3 N–H and O–H groups in total. The molecule has 14 heteroatoms. The molecule has 1 aliphatic heterocycles. The van der Waals surface area contributed by atoms with Crippen molar-refractivity contribution in [2.45, 2.75) is 63.1 Å². The van der Waals surface area contributed by atoms with Crippen molar-refractivity contribution in [1.29, 1.82) is 5.26 Å². The van der Waals surface area contributed by atoms with Gasteiger partial charge in [0.2, 0.25) is 11.9 Å². The quantitative estimate of drug-likeness (QED) is 0.383. The van der Waals surface area contributed by atoms with Gasteiger partial charge in [0.1, 0.15) is 11.6 Å². The van der Waals surface area contributed by atoms with E-state index in [2.05, 4.69) is 41.3 Å². The molecule has 3 aromatic rings. The highest BCUT2D eigenvalue weighted by Crippen LogP contribution is 2.29. The van der Waals surface area contributed by atoms with Crippen LogP contribution in [-0.2, 0) is 0 Å². The Labute approximate surface area is 237 Å². The van der Waals surface area contributed by atoms with Crippen LogP contribution in [0.15, 0.2) is 31.0 Å². The van der Waals surface area contributed by atoms with Crippen molar-refractivity contribution >= 4 is 23.8 Å². The molecule has 4 heterocycles. The number of carboxylic acid groups (broad SMARTS) is 1. The summed E-state index contributed by atoms with van der Waals surface area (Å²) in [5.41, 5.74) is 1.75. The van der Waals surface area contributed by atoms with Crippen molar-refractivity contribution in [2.75, 3.05) is 35.3 Å². The standard InChI is InChI=1S/C27H32N10O4/c1-41-26-32-15-19(16-33-26)18-13-30-25(31-14-18)37(27(39)40)21-6-4-20(5-7-21)34-24-29-12-17(11-28)23(35-24)36-9-2-3-22(38)8-10-36/h12-16,20-22,38H,2-10H2,1H3,(H,39,40)(H,29,34,35). The zero-order valence-electron chi connectivity index (χ0n) is 22.7. The molecule has 0 spiro atoms. The third-order valence-corrected chi connectivity index (χ3v) is 7.49. The lowest BCUT2D eigenvalue weighted by molar-refractivity contribution is 0.161. The molecule has 1 saturated carbocycles. The van der Waals surface area contributed by atoms with Crippen molar-refractivity contribution in [3.63, 3.8) is 0 Å². The van der Waals surface area contributed by atoms with E-state index in [0.29, 0.717) is 67.1 Å². The second-order valence-corrected chi connectivity index (χ2v) is 10.1. The fraction of sp³-hybridized carbons (Fsp3) is 0.481. The van der Waals surface area contributed by atoms with Crippen LogP contribution in [0.2, 0.25) is 0 Å². The van der Waals surface area contributed by atoms with Crippen LogP contribution >= 0.6 is 0 Å². The Hall–Kier alpha value is -4.64. The van der Waals surface area contributed by atoms with Gasteiger partial charge in [-0.25, -0.2) is 34.6 Å². The van der Waals surface area contributed by atoms with E-state index in [1.807, 2.05) is 4.90 Å². The van der Waals surface area contributed by atoms with Crippen LogP contribution in [0, 0.1) is 11.3 Å². The predicted octanol–water partition coefficient (Wildman–Crippen LogP) is 2.86. The van der Waals surface area contributed by atoms with Gasteiger partial charge in [-0.3, -0.25) is 0 Å². The Morgan fingerprint density at radius 2 is 1.68 bits per heavy atom. The minimum absolute atomic E-state index is 0.0482. The van der Waals surface area contributed by atoms with Crippen molar-refractivity contribution in [3.05, 3.63) is 36.5 Å². The number of amides is 1. The first-order valence-corrected chi connectivity index (χ1v) is 13.6. The number of hydrogen-bond donors (Lipinski definition) is 3. The monoisotopic (exact) mass is 560 g/mol. The number of hydrogen-bond acceptors (Lipinski definition) is 12. The smallest absolute Gasteiger partial charge is 0.414 e. The van der Waals surface area contributed by atoms with Gasteiger partial charge in [0.15, 0.2) is 5.82 Å². The molecule has 3 aromatic heterocycles. The van der Waals surface area contributed by atoms with E-state index >= 15 is 0 Å². The molecule has 0 bridgehead atoms. The summed E-state index contributed by atoms with van der Waals surface area (Å²) in [6.07, 6.45) is 11.2. The highest BCUT2D eigenvalue weighted by Gasteiger charge is 2.32. The fourth-order valence-electron chi connectivity index (χ4n) is 5.28. The summed E-state index contributed by atoms with van der Waals surface area (Å²) >= 11 is 0. The first-order chi connectivity index (χ1) is 19.9. The van der Waals surface area contributed by atoms with Gasteiger partial charge >= 0.3 is 12.1 Å². The van der Waals surface area contributed by atoms with Crippen LogP contribution in [0.5, 0.6) is 6.01 Å². The minimum atomic E-state index is -1.11. The van der Waals surface area contributed by atoms with Gasteiger partial charge in [-0.2, -0.15) is 10.2 Å². The summed E-state index contributed by atoms with van der Waals surface area (Å²) in [7, 11) is 1.48. The molecule has 1 saturated heterocycles. The van der Waals surface area contributed by atoms with E-state index < -0.39 is 6.09 Å². The number of carbonyl (C=O) groups is 1. The second kappa shape index (κ2) is 12.7. The molecule has 1 atom stereocenters. The topological polar surface area (TPSA) is 186 Å². The molecule has 1 aliphatic carbocycles. The summed E-state index contributed by atoms with van der Waals surface area (Å²) in [4.78, 5) is 41.3. The largest absolute Gasteiger partial charge is 0.467 e. The van der Waals surface area contributed by atoms with Gasteiger partial charge in [-0.1, -0.05) is 0 Å². The summed E-state index contributed by atoms with van der Waals surface area (Å²) < 4.78 is 4.98. The lowest BCUT2D eigenvalue weighted by atomic mass is 9.90. The van der Waals surface area contributed by atoms with E-state index in [-0.39, 0.29) is 30.1 Å². The van der Waals surface area contributed by atoms with Gasteiger partial charge in [-0.15, -0.1) is 0 Å². The van der Waals surface area contributed by atoms with Crippen LogP contribution in [0.25, 0.3) is 11.1 Å². The molecule has 5 rings (SSSR count). The van der Waals surface area contributed by atoms with E-state index in [9.17, 15) is 20.3 Å². The molecule has 2 fully saturated rings. The summed E-state index contributed by atoms with van der Waals surface area (Å²) in [6.45, 7) is 1.34. The number of methoxy groups -OCH3 is 1. The van der Waals surface area contributed by atoms with Gasteiger partial charge in [0.05, 0.1) is 19.4 Å². The zero-order chi connectivity index (χ0) is 28.8. The summed E-state index contributed by atoms with van der Waals surface area (Å²) in [5.74, 6) is 1.13. The Balaban J connectivity index is 1.22. The highest BCUT2D eigenvalue weighted by atomic mass is 16.5. The number of aromatic nitrogens is 6. The molecular formula is C27H32N10O4. The minimum Gasteiger partial charge on any atom is -0.467 e. The first-order valence-electron chi connectivity index (χ1n) is 13.6. The Kier molecular flexibility index (Phi) is 8.64. The molecule has 0 aromatic carbocycles. The number of nitrogens with one attached hydrogen (secondary N) is 1. The van der Waals surface area contributed by atoms with Gasteiger partial charge in [0, 0.05) is 61.1 Å². The van der Waals surface area contributed by atoms with Crippen molar-refractivity contribution in [3.8, 4) is 23.2 Å². The second-order valence-electron chi connectivity index (χ2n) is 10.1. The fourth-order valence-corrected chi connectivity index (χ4v) is 5.28. The van der Waals surface area contributed by atoms with Gasteiger partial charge in [-0.05, 0) is 44.9 Å². The number of rotatable bonds is 7. The van der Waals surface area contributed by atoms with Crippen LogP contribution < -0.4 is 19.9 Å². The van der Waals surface area contributed by atoms with Gasteiger partial charge < -0.3 is 25.2 Å². The maximum atomic E-state index is 12.2. The normalized spacial score (nSPS) is 20.9. The molecule has 1 unspecified atom stereocenters. The summed E-state index contributed by atoms with van der Waals surface area (Å²) in [5, 5.41) is 33.0. The number of nitrogens with zero attached hydrogens (tertiary/aromatic N) is 9. The van der Waals surface area contributed by atoms with Crippen LogP contribution in [0.4, 0.5) is 22.5 Å². The Morgan fingerprint density at radius 3 is 2.32 bits per heavy atom. The Bertz CT molecular complexity index is 1370. The molecule has 0 radical (unpaired) electrons. The van der Waals surface area contributed by atoms with Crippen molar-refractivity contribution in [1.82, 2.24) is 29.9 Å². The third kappa shape index (κ3) is 6.58. The lowest BCUT2D eigenvalue weighted by Crippen LogP contribution is -2.44. The van der Waals surface area contributed by atoms with Crippen molar-refractivity contribution < 1.29 is 19.7 Å². The van der Waals surface area contributed by atoms with Crippen LogP contribution in [0.1, 0.15) is 50.5 Å². The van der Waals surface area contributed by atoms with Crippen LogP contribution in [0.3, 0.4) is 0 Å². The number of ether oxygens (including phenoxy) is 1. The number of nitriles is 1. The third-order valence-electron chi connectivity index (χ3n) is 7.49. The van der Waals surface area contributed by atoms with Crippen LogP contribution in [-0.4, -0.2) is 84.6 Å². The maximum Gasteiger partial charge on any atom is 0.414 e. The number of aliphatic hydroxyl groups is 1.